The molecule has 0 saturated heterocycles. The summed E-state index contributed by atoms with van der Waals surface area (Å²) in [5.74, 6) is 0.812. The Labute approximate surface area is 186 Å². The number of nitrogens with one attached hydrogen (secondary N) is 2. The third-order valence-corrected chi connectivity index (χ3v) is 4.64. The highest BCUT2D eigenvalue weighted by Crippen LogP contribution is 2.32. The number of alkyl halides is 2. The van der Waals surface area contributed by atoms with Gasteiger partial charge in [0, 0.05) is 31.9 Å². The fourth-order valence-electron chi connectivity index (χ4n) is 3.20. The van der Waals surface area contributed by atoms with Gasteiger partial charge in [-0.3, -0.25) is 4.99 Å². The molecular formula is C23H27F2N5O2. The van der Waals surface area contributed by atoms with Crippen LogP contribution in [0.25, 0.3) is 5.69 Å². The van der Waals surface area contributed by atoms with Crippen molar-refractivity contribution >= 4 is 5.96 Å². The molecule has 32 heavy (non-hydrogen) atoms. The lowest BCUT2D eigenvalue weighted by Gasteiger charge is -2.17. The number of para-hydroxylation sites is 2. The van der Waals surface area contributed by atoms with E-state index in [4.69, 9.17) is 9.47 Å². The third kappa shape index (κ3) is 5.96. The number of hydrogen-bond donors (Lipinski definition) is 2. The second-order valence-electron chi connectivity index (χ2n) is 6.87. The van der Waals surface area contributed by atoms with Crippen molar-refractivity contribution in [3.8, 4) is 17.2 Å². The second kappa shape index (κ2) is 11.1. The van der Waals surface area contributed by atoms with Crippen LogP contribution >= 0.6 is 0 Å². The number of ether oxygens (including phenoxy) is 2. The predicted molar refractivity (Wildman–Crippen MR) is 120 cm³/mol. The van der Waals surface area contributed by atoms with E-state index in [1.54, 1.807) is 32.2 Å². The molecule has 9 heteroatoms. The van der Waals surface area contributed by atoms with Gasteiger partial charge in [-0.15, -0.1) is 0 Å². The molecule has 3 aromatic rings. The quantitative estimate of drug-likeness (QED) is 0.386. The van der Waals surface area contributed by atoms with Gasteiger partial charge in [-0.25, -0.2) is 4.68 Å². The van der Waals surface area contributed by atoms with Crippen LogP contribution in [0.5, 0.6) is 11.5 Å². The summed E-state index contributed by atoms with van der Waals surface area (Å²) in [6.45, 7) is 1.84. The van der Waals surface area contributed by atoms with Crippen molar-refractivity contribution in [3.05, 3.63) is 71.5 Å². The number of nitrogens with zero attached hydrogens (tertiary/aromatic N) is 3. The van der Waals surface area contributed by atoms with Crippen LogP contribution in [0.3, 0.4) is 0 Å². The summed E-state index contributed by atoms with van der Waals surface area (Å²) in [5.41, 5.74) is 3.45. The molecule has 0 unspecified atom stereocenters. The van der Waals surface area contributed by atoms with E-state index in [0.717, 1.165) is 16.9 Å². The minimum atomic E-state index is -2.95. The number of aromatic nitrogens is 2. The second-order valence-corrected chi connectivity index (χ2v) is 6.87. The van der Waals surface area contributed by atoms with Crippen LogP contribution in [0.1, 0.15) is 23.7 Å². The molecule has 0 aliphatic carbocycles. The van der Waals surface area contributed by atoms with E-state index in [2.05, 4.69) is 20.7 Å². The first kappa shape index (κ1) is 23.1. The molecule has 2 aromatic carbocycles. The van der Waals surface area contributed by atoms with Gasteiger partial charge in [0.1, 0.15) is 0 Å². The molecule has 3 rings (SSSR count). The minimum absolute atomic E-state index is 0.0201. The summed E-state index contributed by atoms with van der Waals surface area (Å²) in [6.07, 6.45) is 1.91. The standard InChI is InChI=1S/C23H27F2N5O2/c1-4-31-20-11-7-9-18(21(20)32-22(24)25)15-28-23(26-3)27-14-17-8-5-6-10-19(17)30-13-12-16(2)29-30/h5-13,22H,4,14-15H2,1-3H3,(H2,26,27,28). The molecule has 0 radical (unpaired) electrons. The van der Waals surface area contributed by atoms with Crippen molar-refractivity contribution in [2.75, 3.05) is 13.7 Å². The molecule has 0 aliphatic rings. The number of benzene rings is 2. The first-order valence-corrected chi connectivity index (χ1v) is 10.3. The number of guanidine groups is 1. The summed E-state index contributed by atoms with van der Waals surface area (Å²) < 4.78 is 37.8. The molecule has 170 valence electrons. The fraction of sp³-hybridized carbons (Fsp3) is 0.304. The van der Waals surface area contributed by atoms with E-state index in [0.29, 0.717) is 24.7 Å². The average molecular weight is 443 g/mol. The summed E-state index contributed by atoms with van der Waals surface area (Å²) >= 11 is 0. The molecule has 0 fully saturated rings. The third-order valence-electron chi connectivity index (χ3n) is 4.64. The topological polar surface area (TPSA) is 72.7 Å². The van der Waals surface area contributed by atoms with Crippen molar-refractivity contribution in [2.24, 2.45) is 4.99 Å². The van der Waals surface area contributed by atoms with Crippen molar-refractivity contribution in [2.45, 2.75) is 33.5 Å². The zero-order chi connectivity index (χ0) is 22.9. The summed E-state index contributed by atoms with van der Waals surface area (Å²) in [5, 5.41) is 10.9. The van der Waals surface area contributed by atoms with Crippen LogP contribution in [0, 0.1) is 6.92 Å². The number of halogens is 2. The highest BCUT2D eigenvalue weighted by Gasteiger charge is 2.16. The molecule has 0 atom stereocenters. The molecule has 2 N–H and O–H groups in total. The molecule has 0 bridgehead atoms. The summed E-state index contributed by atoms with van der Waals surface area (Å²) in [7, 11) is 1.64. The van der Waals surface area contributed by atoms with E-state index < -0.39 is 6.61 Å². The fourth-order valence-corrected chi connectivity index (χ4v) is 3.20. The Hall–Kier alpha value is -3.62. The van der Waals surface area contributed by atoms with Gasteiger partial charge in [-0.05, 0) is 37.6 Å². The molecule has 0 spiro atoms. The maximum Gasteiger partial charge on any atom is 0.387 e. The zero-order valence-electron chi connectivity index (χ0n) is 18.3. The van der Waals surface area contributed by atoms with Crippen molar-refractivity contribution in [1.82, 2.24) is 20.4 Å². The predicted octanol–water partition coefficient (Wildman–Crippen LogP) is 4.05. The van der Waals surface area contributed by atoms with Gasteiger partial charge in [0.15, 0.2) is 17.5 Å². The molecular weight excluding hydrogens is 416 g/mol. The Morgan fingerprint density at radius 2 is 1.78 bits per heavy atom. The Morgan fingerprint density at radius 3 is 2.44 bits per heavy atom. The van der Waals surface area contributed by atoms with Crippen LogP contribution < -0.4 is 20.1 Å². The minimum Gasteiger partial charge on any atom is -0.490 e. The Bertz CT molecular complexity index is 1050. The zero-order valence-corrected chi connectivity index (χ0v) is 18.3. The first-order valence-electron chi connectivity index (χ1n) is 10.3. The van der Waals surface area contributed by atoms with Crippen LogP contribution in [0.4, 0.5) is 8.78 Å². The van der Waals surface area contributed by atoms with Crippen molar-refractivity contribution < 1.29 is 18.3 Å². The van der Waals surface area contributed by atoms with Gasteiger partial charge >= 0.3 is 6.61 Å². The van der Waals surface area contributed by atoms with Gasteiger partial charge < -0.3 is 20.1 Å². The van der Waals surface area contributed by atoms with Crippen LogP contribution in [-0.4, -0.2) is 36.0 Å². The monoisotopic (exact) mass is 443 g/mol. The van der Waals surface area contributed by atoms with Gasteiger partial charge in [-0.1, -0.05) is 30.3 Å². The largest absolute Gasteiger partial charge is 0.490 e. The Morgan fingerprint density at radius 1 is 1.06 bits per heavy atom. The maximum atomic E-state index is 12.9. The molecule has 0 aliphatic heterocycles. The van der Waals surface area contributed by atoms with E-state index in [1.807, 2.05) is 48.1 Å². The van der Waals surface area contributed by atoms with Gasteiger partial charge in [0.05, 0.1) is 18.0 Å². The van der Waals surface area contributed by atoms with E-state index in [1.165, 1.54) is 0 Å². The lowest BCUT2D eigenvalue weighted by Crippen LogP contribution is -2.36. The van der Waals surface area contributed by atoms with Gasteiger partial charge in [0.2, 0.25) is 0 Å². The first-order chi connectivity index (χ1) is 15.5. The van der Waals surface area contributed by atoms with Gasteiger partial charge in [-0.2, -0.15) is 13.9 Å². The maximum absolute atomic E-state index is 12.9. The van der Waals surface area contributed by atoms with Crippen LogP contribution in [0.2, 0.25) is 0 Å². The molecule has 1 heterocycles. The highest BCUT2D eigenvalue weighted by molar-refractivity contribution is 5.79. The van der Waals surface area contributed by atoms with E-state index in [-0.39, 0.29) is 18.0 Å². The summed E-state index contributed by atoms with van der Waals surface area (Å²) in [6, 6.07) is 14.9. The Balaban J connectivity index is 1.69. The lowest BCUT2D eigenvalue weighted by molar-refractivity contribution is -0.0520. The van der Waals surface area contributed by atoms with E-state index in [9.17, 15) is 8.78 Å². The lowest BCUT2D eigenvalue weighted by atomic mass is 10.1. The SMILES string of the molecule is CCOc1cccc(CNC(=NC)NCc2ccccc2-n2ccc(C)n2)c1OC(F)F. The normalized spacial score (nSPS) is 11.5. The van der Waals surface area contributed by atoms with Crippen molar-refractivity contribution in [1.29, 1.82) is 0 Å². The van der Waals surface area contributed by atoms with Crippen LogP contribution in [-0.2, 0) is 13.1 Å². The molecule has 7 nitrogen and oxygen atoms in total. The Kier molecular flexibility index (Phi) is 8.02. The molecule has 0 amide bonds. The summed E-state index contributed by atoms with van der Waals surface area (Å²) in [4.78, 5) is 4.23. The number of aryl methyl sites for hydroxylation is 1. The molecule has 1 aromatic heterocycles. The van der Waals surface area contributed by atoms with E-state index >= 15 is 0 Å². The van der Waals surface area contributed by atoms with Crippen LogP contribution in [0.15, 0.2) is 59.7 Å². The highest BCUT2D eigenvalue weighted by atomic mass is 19.3. The smallest absolute Gasteiger partial charge is 0.387 e. The number of aliphatic imine (C=N–C) groups is 1. The number of rotatable bonds is 9. The van der Waals surface area contributed by atoms with Gasteiger partial charge in [0.25, 0.3) is 0 Å². The molecule has 0 saturated carbocycles. The average Bonchev–Trinajstić information content (AvgIpc) is 3.22. The van der Waals surface area contributed by atoms with Crippen molar-refractivity contribution in [3.63, 3.8) is 0 Å². The number of hydrogen-bond acceptors (Lipinski definition) is 4.